The lowest BCUT2D eigenvalue weighted by Gasteiger charge is -2.42. The van der Waals surface area contributed by atoms with Crippen LogP contribution in [0.1, 0.15) is 62.6 Å². The molecule has 1 atom stereocenters. The van der Waals surface area contributed by atoms with Gasteiger partial charge < -0.3 is 4.74 Å². The van der Waals surface area contributed by atoms with Gasteiger partial charge in [-0.25, -0.2) is 0 Å². The molecule has 0 bridgehead atoms. The molecule has 2 rings (SSSR count). The molecule has 20 heavy (non-hydrogen) atoms. The van der Waals surface area contributed by atoms with Crippen molar-refractivity contribution in [3.05, 3.63) is 35.4 Å². The summed E-state index contributed by atoms with van der Waals surface area (Å²) in [5.74, 6) is 5.86. The Morgan fingerprint density at radius 3 is 2.35 bits per heavy atom. The average Bonchev–Trinajstić information content (AvgIpc) is 2.51. The molecule has 0 aromatic heterocycles. The number of hydrogen-bond donors (Lipinski definition) is 2. The van der Waals surface area contributed by atoms with Crippen molar-refractivity contribution in [1.29, 1.82) is 0 Å². The SMILES string of the molecule is CCCc1ccc(C(NN)C2(OC)CCCCC2)cc1. The molecule has 1 aromatic carbocycles. The summed E-state index contributed by atoms with van der Waals surface area (Å²) in [5.41, 5.74) is 5.48. The zero-order chi connectivity index (χ0) is 14.4. The second-order valence-electron chi connectivity index (χ2n) is 5.92. The van der Waals surface area contributed by atoms with E-state index in [0.29, 0.717) is 0 Å². The normalized spacial score (nSPS) is 19.8. The number of nitrogens with one attached hydrogen (secondary N) is 1. The Kier molecular flexibility index (Phi) is 5.58. The molecule has 0 amide bonds. The molecule has 1 aromatic rings. The van der Waals surface area contributed by atoms with E-state index in [4.69, 9.17) is 10.6 Å². The van der Waals surface area contributed by atoms with E-state index in [-0.39, 0.29) is 11.6 Å². The molecule has 0 saturated heterocycles. The number of ether oxygens (including phenoxy) is 1. The Balaban J connectivity index is 2.21. The van der Waals surface area contributed by atoms with Crippen LogP contribution in [-0.4, -0.2) is 12.7 Å². The molecule has 0 radical (unpaired) electrons. The van der Waals surface area contributed by atoms with Crippen LogP contribution in [0.5, 0.6) is 0 Å². The van der Waals surface area contributed by atoms with E-state index in [0.717, 1.165) is 19.3 Å². The van der Waals surface area contributed by atoms with E-state index < -0.39 is 0 Å². The zero-order valence-corrected chi connectivity index (χ0v) is 12.8. The van der Waals surface area contributed by atoms with E-state index in [2.05, 4.69) is 36.6 Å². The van der Waals surface area contributed by atoms with Gasteiger partial charge in [0.25, 0.3) is 0 Å². The fourth-order valence-electron chi connectivity index (χ4n) is 3.48. The lowest BCUT2D eigenvalue weighted by molar-refractivity contribution is -0.0688. The molecule has 0 aliphatic heterocycles. The topological polar surface area (TPSA) is 47.3 Å². The van der Waals surface area contributed by atoms with Crippen molar-refractivity contribution < 1.29 is 4.74 Å². The van der Waals surface area contributed by atoms with Crippen molar-refractivity contribution in [3.8, 4) is 0 Å². The van der Waals surface area contributed by atoms with Crippen molar-refractivity contribution in [2.75, 3.05) is 7.11 Å². The van der Waals surface area contributed by atoms with Crippen LogP contribution in [0.25, 0.3) is 0 Å². The third-order valence-corrected chi connectivity index (χ3v) is 4.65. The van der Waals surface area contributed by atoms with Crippen molar-refractivity contribution in [3.63, 3.8) is 0 Å². The van der Waals surface area contributed by atoms with Crippen LogP contribution in [0.15, 0.2) is 24.3 Å². The lowest BCUT2D eigenvalue weighted by atomic mass is 9.76. The minimum atomic E-state index is -0.153. The second kappa shape index (κ2) is 7.21. The standard InChI is InChI=1S/C17H28N2O/c1-3-7-14-8-10-15(11-9-14)16(19-18)17(20-2)12-5-4-6-13-17/h8-11,16,19H,3-7,12-13,18H2,1-2H3. The number of nitrogens with two attached hydrogens (primary N) is 1. The first-order valence-corrected chi connectivity index (χ1v) is 7.86. The second-order valence-corrected chi connectivity index (χ2v) is 5.92. The van der Waals surface area contributed by atoms with Crippen LogP contribution in [0.3, 0.4) is 0 Å². The third kappa shape index (κ3) is 3.22. The number of hydrogen-bond acceptors (Lipinski definition) is 3. The van der Waals surface area contributed by atoms with Crippen molar-refractivity contribution in [2.45, 2.75) is 63.5 Å². The maximum Gasteiger partial charge on any atom is 0.0885 e. The molecule has 112 valence electrons. The molecular weight excluding hydrogens is 248 g/mol. The van der Waals surface area contributed by atoms with Gasteiger partial charge in [-0.3, -0.25) is 11.3 Å². The fraction of sp³-hybridized carbons (Fsp3) is 0.647. The maximum atomic E-state index is 5.92. The van der Waals surface area contributed by atoms with E-state index in [9.17, 15) is 0 Å². The van der Waals surface area contributed by atoms with Crippen LogP contribution in [0, 0.1) is 0 Å². The predicted molar refractivity (Wildman–Crippen MR) is 83.3 cm³/mol. The highest BCUT2D eigenvalue weighted by molar-refractivity contribution is 5.27. The van der Waals surface area contributed by atoms with Gasteiger partial charge in [-0.05, 0) is 30.4 Å². The monoisotopic (exact) mass is 276 g/mol. The van der Waals surface area contributed by atoms with Gasteiger partial charge in [0.2, 0.25) is 0 Å². The molecule has 3 N–H and O–H groups in total. The number of aryl methyl sites for hydroxylation is 1. The van der Waals surface area contributed by atoms with Crippen LogP contribution < -0.4 is 11.3 Å². The van der Waals surface area contributed by atoms with Gasteiger partial charge in [0.05, 0.1) is 11.6 Å². The number of rotatable bonds is 6. The molecule has 1 saturated carbocycles. The Labute approximate surface area is 122 Å². The lowest BCUT2D eigenvalue weighted by Crippen LogP contribution is -2.49. The highest BCUT2D eigenvalue weighted by Gasteiger charge is 2.40. The van der Waals surface area contributed by atoms with E-state index >= 15 is 0 Å². The first-order valence-electron chi connectivity index (χ1n) is 7.86. The summed E-state index contributed by atoms with van der Waals surface area (Å²) in [6.07, 6.45) is 8.22. The highest BCUT2D eigenvalue weighted by Crippen LogP contribution is 2.40. The summed E-state index contributed by atoms with van der Waals surface area (Å²) in [4.78, 5) is 0. The number of benzene rings is 1. The summed E-state index contributed by atoms with van der Waals surface area (Å²) in [5, 5.41) is 0. The minimum Gasteiger partial charge on any atom is -0.376 e. The van der Waals surface area contributed by atoms with Gasteiger partial charge in [0, 0.05) is 7.11 Å². The zero-order valence-electron chi connectivity index (χ0n) is 12.8. The predicted octanol–water partition coefficient (Wildman–Crippen LogP) is 3.49. The third-order valence-electron chi connectivity index (χ3n) is 4.65. The van der Waals surface area contributed by atoms with Crippen molar-refractivity contribution >= 4 is 0 Å². The molecule has 0 heterocycles. The molecular formula is C17H28N2O. The number of hydrazine groups is 1. The Bertz CT molecular complexity index is 396. The molecule has 1 fully saturated rings. The van der Waals surface area contributed by atoms with Crippen LogP contribution >= 0.6 is 0 Å². The summed E-state index contributed by atoms with van der Waals surface area (Å²) >= 11 is 0. The molecule has 1 unspecified atom stereocenters. The van der Waals surface area contributed by atoms with Crippen molar-refractivity contribution in [2.24, 2.45) is 5.84 Å². The molecule has 0 spiro atoms. The van der Waals surface area contributed by atoms with Crippen LogP contribution in [-0.2, 0) is 11.2 Å². The van der Waals surface area contributed by atoms with Crippen molar-refractivity contribution in [1.82, 2.24) is 5.43 Å². The van der Waals surface area contributed by atoms with Gasteiger partial charge in [0.15, 0.2) is 0 Å². The minimum absolute atomic E-state index is 0.0727. The summed E-state index contributed by atoms with van der Waals surface area (Å²) < 4.78 is 5.92. The number of methoxy groups -OCH3 is 1. The van der Waals surface area contributed by atoms with Gasteiger partial charge in [0.1, 0.15) is 0 Å². The first kappa shape index (κ1) is 15.5. The van der Waals surface area contributed by atoms with E-state index in [1.807, 2.05) is 7.11 Å². The largest absolute Gasteiger partial charge is 0.376 e. The smallest absolute Gasteiger partial charge is 0.0885 e. The fourth-order valence-corrected chi connectivity index (χ4v) is 3.48. The van der Waals surface area contributed by atoms with Gasteiger partial charge in [-0.15, -0.1) is 0 Å². The molecule has 1 aliphatic carbocycles. The summed E-state index contributed by atoms with van der Waals surface area (Å²) in [6, 6.07) is 8.91. The highest BCUT2D eigenvalue weighted by atomic mass is 16.5. The van der Waals surface area contributed by atoms with Gasteiger partial charge >= 0.3 is 0 Å². The average molecular weight is 276 g/mol. The van der Waals surface area contributed by atoms with Crippen LogP contribution in [0.4, 0.5) is 0 Å². The Morgan fingerprint density at radius 1 is 1.20 bits per heavy atom. The Hall–Kier alpha value is -0.900. The van der Waals surface area contributed by atoms with Gasteiger partial charge in [-0.2, -0.15) is 0 Å². The van der Waals surface area contributed by atoms with E-state index in [1.54, 1.807) is 0 Å². The summed E-state index contributed by atoms with van der Waals surface area (Å²) in [6.45, 7) is 2.21. The Morgan fingerprint density at radius 2 is 1.85 bits per heavy atom. The van der Waals surface area contributed by atoms with Crippen LogP contribution in [0.2, 0.25) is 0 Å². The molecule has 3 heteroatoms. The molecule has 1 aliphatic rings. The summed E-state index contributed by atoms with van der Waals surface area (Å²) in [7, 11) is 1.82. The van der Waals surface area contributed by atoms with E-state index in [1.165, 1.54) is 36.8 Å². The maximum absolute atomic E-state index is 5.92. The molecule has 3 nitrogen and oxygen atoms in total. The van der Waals surface area contributed by atoms with Gasteiger partial charge in [-0.1, -0.05) is 56.9 Å². The first-order chi connectivity index (χ1) is 9.75. The quantitative estimate of drug-likeness (QED) is 0.617.